The van der Waals surface area contributed by atoms with Crippen molar-refractivity contribution in [2.45, 2.75) is 84.9 Å². The third-order valence-electron chi connectivity index (χ3n) is 7.78. The Hall–Kier alpha value is -2.61. The second-order valence-corrected chi connectivity index (χ2v) is 11.8. The molecule has 0 radical (unpaired) electrons. The molecule has 1 saturated carbocycles. The van der Waals surface area contributed by atoms with Crippen LogP contribution in [0.15, 0.2) is 30.3 Å². The number of carbonyl (C=O) groups excluding carboxylic acids is 3. The number of nitrogens with one attached hydrogen (secondary N) is 1. The summed E-state index contributed by atoms with van der Waals surface area (Å²) < 4.78 is 5.32. The molecule has 1 heterocycles. The fourth-order valence-corrected chi connectivity index (χ4v) is 5.17. The normalized spacial score (nSPS) is 20.6. The minimum Gasteiger partial charge on any atom is -0.445 e. The zero-order chi connectivity index (χ0) is 26.5. The summed E-state index contributed by atoms with van der Waals surface area (Å²) in [5.41, 5.74) is 0.208. The highest BCUT2D eigenvalue weighted by Gasteiger charge is 2.43. The van der Waals surface area contributed by atoms with Crippen LogP contribution in [0, 0.1) is 10.8 Å². The Morgan fingerprint density at radius 2 is 1.75 bits per heavy atom. The maximum atomic E-state index is 14.0. The fourth-order valence-electron chi connectivity index (χ4n) is 5.17. The minimum atomic E-state index is -0.922. The van der Waals surface area contributed by atoms with Crippen molar-refractivity contribution in [1.82, 2.24) is 20.2 Å². The van der Waals surface area contributed by atoms with E-state index in [1.807, 2.05) is 51.2 Å². The van der Waals surface area contributed by atoms with Crippen LogP contribution in [0.5, 0.6) is 0 Å². The number of hydrogen-bond acceptors (Lipinski definition) is 5. The molecule has 2 aliphatic rings. The average molecular weight is 501 g/mol. The van der Waals surface area contributed by atoms with Gasteiger partial charge in [-0.05, 0) is 76.9 Å². The molecule has 1 aliphatic carbocycles. The number of likely N-dealkylation sites (tertiary alicyclic amines) is 1. The van der Waals surface area contributed by atoms with Gasteiger partial charge in [-0.3, -0.25) is 19.5 Å². The molecule has 36 heavy (non-hydrogen) atoms. The average Bonchev–Trinajstić information content (AvgIpc) is 3.28. The molecule has 0 spiro atoms. The van der Waals surface area contributed by atoms with Gasteiger partial charge in [-0.15, -0.1) is 0 Å². The summed E-state index contributed by atoms with van der Waals surface area (Å²) in [6.45, 7) is 9.30. The minimum absolute atomic E-state index is 0.0424. The van der Waals surface area contributed by atoms with Crippen LogP contribution in [0.25, 0.3) is 0 Å². The molecule has 1 aliphatic heterocycles. The Labute approximate surface area is 216 Å². The second kappa shape index (κ2) is 11.6. The summed E-state index contributed by atoms with van der Waals surface area (Å²) in [5, 5.41) is 6.01. The molecule has 3 rings (SSSR count). The summed E-state index contributed by atoms with van der Waals surface area (Å²) >= 11 is 0. The van der Waals surface area contributed by atoms with Gasteiger partial charge in [-0.1, -0.05) is 44.2 Å². The summed E-state index contributed by atoms with van der Waals surface area (Å²) in [5.74, 6) is -0.203. The highest BCUT2D eigenvalue weighted by Crippen LogP contribution is 2.38. The first-order valence-electron chi connectivity index (χ1n) is 13.2. The van der Waals surface area contributed by atoms with E-state index in [-0.39, 0.29) is 42.5 Å². The number of nitrogens with zero attached hydrogens (tertiary/aromatic N) is 3. The molecule has 0 aromatic heterocycles. The lowest BCUT2D eigenvalue weighted by Crippen LogP contribution is -2.61. The van der Waals surface area contributed by atoms with Crippen molar-refractivity contribution in [3.63, 3.8) is 0 Å². The van der Waals surface area contributed by atoms with Gasteiger partial charge in [0, 0.05) is 13.6 Å². The lowest BCUT2D eigenvalue weighted by molar-refractivity contribution is -0.177. The maximum Gasteiger partial charge on any atom is 0.407 e. The van der Waals surface area contributed by atoms with Crippen LogP contribution in [0.2, 0.25) is 0 Å². The first-order valence-corrected chi connectivity index (χ1v) is 13.2. The van der Waals surface area contributed by atoms with E-state index in [2.05, 4.69) is 24.1 Å². The van der Waals surface area contributed by atoms with Crippen molar-refractivity contribution in [3.8, 4) is 0 Å². The zero-order valence-electron chi connectivity index (χ0n) is 22.9. The Bertz CT molecular complexity index is 907. The van der Waals surface area contributed by atoms with Crippen LogP contribution < -0.4 is 5.32 Å². The van der Waals surface area contributed by atoms with E-state index in [9.17, 15) is 14.4 Å². The molecule has 0 unspecified atom stereocenters. The molecule has 1 N–H and O–H groups in total. The van der Waals surface area contributed by atoms with E-state index in [1.165, 1.54) is 0 Å². The molecule has 3 amide bonds. The number of amides is 3. The molecular formula is C28H44N4O4. The summed E-state index contributed by atoms with van der Waals surface area (Å²) in [6.07, 6.45) is 4.90. The molecule has 200 valence electrons. The molecule has 1 aromatic carbocycles. The van der Waals surface area contributed by atoms with Gasteiger partial charge < -0.3 is 10.1 Å². The Morgan fingerprint density at radius 3 is 2.33 bits per heavy atom. The Kier molecular flexibility index (Phi) is 9.03. The zero-order valence-corrected chi connectivity index (χ0v) is 22.9. The van der Waals surface area contributed by atoms with Crippen LogP contribution in [0.1, 0.15) is 71.8 Å². The number of rotatable bonds is 7. The molecule has 0 bridgehead atoms. The predicted octanol–water partition coefficient (Wildman–Crippen LogP) is 4.20. The molecule has 8 nitrogen and oxygen atoms in total. The standard InChI is InChI=1S/C28H44N4O4/c1-27(2)16-14-22(15-17-27)32(31(6)24(33)23-13-10-18-30(23)5)25(34)28(3,4)20-29-26(35)36-19-21-11-8-7-9-12-21/h7-9,11-12,22-23H,10,13-20H2,1-6H3,(H,29,35)/t23-/m0/s1. The SMILES string of the molecule is CN1CCC[C@H]1C(=O)N(C)N(C(=O)C(C)(C)CNC(=O)OCc1ccccc1)C1CCC(C)(C)CC1. The number of hydrazine groups is 1. The molecule has 8 heteroatoms. The van der Waals surface area contributed by atoms with Gasteiger partial charge in [-0.25, -0.2) is 9.80 Å². The summed E-state index contributed by atoms with van der Waals surface area (Å²) in [6, 6.07) is 9.21. The third-order valence-corrected chi connectivity index (χ3v) is 7.78. The van der Waals surface area contributed by atoms with E-state index in [4.69, 9.17) is 4.74 Å². The first-order chi connectivity index (χ1) is 16.9. The van der Waals surface area contributed by atoms with Gasteiger partial charge in [0.15, 0.2) is 0 Å². The lowest BCUT2D eigenvalue weighted by Gasteiger charge is -2.46. The van der Waals surface area contributed by atoms with E-state index >= 15 is 0 Å². The molecule has 1 atom stereocenters. The van der Waals surface area contributed by atoms with Gasteiger partial charge in [-0.2, -0.15) is 0 Å². The molecule has 1 saturated heterocycles. The molecular weight excluding hydrogens is 456 g/mol. The van der Waals surface area contributed by atoms with Gasteiger partial charge in [0.2, 0.25) is 5.91 Å². The van der Waals surface area contributed by atoms with Crippen LogP contribution in [0.3, 0.4) is 0 Å². The quantitative estimate of drug-likeness (QED) is 0.568. The highest BCUT2D eigenvalue weighted by molar-refractivity contribution is 5.88. The van der Waals surface area contributed by atoms with Crippen molar-refractivity contribution in [3.05, 3.63) is 35.9 Å². The van der Waals surface area contributed by atoms with Gasteiger partial charge in [0.05, 0.1) is 17.5 Å². The number of carbonyl (C=O) groups is 3. The van der Waals surface area contributed by atoms with Crippen molar-refractivity contribution >= 4 is 17.9 Å². The monoisotopic (exact) mass is 500 g/mol. The van der Waals surface area contributed by atoms with Gasteiger partial charge in [0.1, 0.15) is 6.61 Å². The lowest BCUT2D eigenvalue weighted by atomic mass is 9.75. The number of hydrogen-bond donors (Lipinski definition) is 1. The van der Waals surface area contributed by atoms with Crippen molar-refractivity contribution in [1.29, 1.82) is 0 Å². The Balaban J connectivity index is 1.69. The van der Waals surface area contributed by atoms with Crippen LogP contribution in [-0.2, 0) is 20.9 Å². The highest BCUT2D eigenvalue weighted by atomic mass is 16.5. The number of alkyl carbamates (subject to hydrolysis) is 1. The first kappa shape index (κ1) is 28.0. The largest absolute Gasteiger partial charge is 0.445 e. The predicted molar refractivity (Wildman–Crippen MR) is 140 cm³/mol. The van der Waals surface area contributed by atoms with Gasteiger partial charge in [0.25, 0.3) is 5.91 Å². The van der Waals surface area contributed by atoms with E-state index < -0.39 is 11.5 Å². The van der Waals surface area contributed by atoms with Crippen molar-refractivity contribution in [2.24, 2.45) is 10.8 Å². The van der Waals surface area contributed by atoms with Crippen molar-refractivity contribution in [2.75, 3.05) is 27.2 Å². The summed E-state index contributed by atoms with van der Waals surface area (Å²) in [7, 11) is 3.69. The van der Waals surface area contributed by atoms with E-state index in [1.54, 1.807) is 17.1 Å². The smallest absolute Gasteiger partial charge is 0.407 e. The fraction of sp³-hybridized carbons (Fsp3) is 0.679. The van der Waals surface area contributed by atoms with E-state index in [0.717, 1.165) is 50.6 Å². The Morgan fingerprint density at radius 1 is 1.11 bits per heavy atom. The van der Waals surface area contributed by atoms with Crippen LogP contribution in [0.4, 0.5) is 4.79 Å². The van der Waals surface area contributed by atoms with Gasteiger partial charge >= 0.3 is 6.09 Å². The topological polar surface area (TPSA) is 82.2 Å². The second-order valence-electron chi connectivity index (χ2n) is 11.8. The maximum absolute atomic E-state index is 14.0. The molecule has 2 fully saturated rings. The van der Waals surface area contributed by atoms with Crippen LogP contribution >= 0.6 is 0 Å². The summed E-state index contributed by atoms with van der Waals surface area (Å²) in [4.78, 5) is 41.9. The van der Waals surface area contributed by atoms with Crippen molar-refractivity contribution < 1.29 is 19.1 Å². The van der Waals surface area contributed by atoms with Crippen LogP contribution in [-0.4, -0.2) is 72.1 Å². The number of benzene rings is 1. The van der Waals surface area contributed by atoms with E-state index in [0.29, 0.717) is 0 Å². The third kappa shape index (κ3) is 6.99. The number of likely N-dealkylation sites (N-methyl/N-ethyl adjacent to an activating group) is 2. The number of ether oxygens (including phenoxy) is 1. The molecule has 1 aromatic rings.